The molecule has 7 heteroatoms. The molecule has 0 aromatic heterocycles. The van der Waals surface area contributed by atoms with Gasteiger partial charge in [0, 0.05) is 10.2 Å². The van der Waals surface area contributed by atoms with E-state index in [1.807, 2.05) is 18.2 Å². The number of thioether (sulfide) groups is 1. The van der Waals surface area contributed by atoms with Crippen molar-refractivity contribution >= 4 is 45.2 Å². The summed E-state index contributed by atoms with van der Waals surface area (Å²) in [5, 5.41) is 2.75. The minimum atomic E-state index is -0.248. The van der Waals surface area contributed by atoms with E-state index in [1.165, 1.54) is 11.8 Å². The Morgan fingerprint density at radius 1 is 1.32 bits per heavy atom. The van der Waals surface area contributed by atoms with Crippen molar-refractivity contribution in [3.05, 3.63) is 28.7 Å². The molecule has 1 aromatic carbocycles. The average molecular weight is 347 g/mol. The van der Waals surface area contributed by atoms with Gasteiger partial charge in [-0.3, -0.25) is 14.4 Å². The summed E-state index contributed by atoms with van der Waals surface area (Å²) in [6.45, 7) is 2.19. The van der Waals surface area contributed by atoms with E-state index >= 15 is 0 Å². The largest absolute Gasteiger partial charge is 0.325 e. The third-order valence-electron chi connectivity index (χ3n) is 1.91. The van der Waals surface area contributed by atoms with Gasteiger partial charge in [-0.15, -0.1) is 11.8 Å². The first kappa shape index (κ1) is 16.0. The zero-order valence-corrected chi connectivity index (χ0v) is 12.8. The normalized spacial score (nSPS) is 10.0. The summed E-state index contributed by atoms with van der Waals surface area (Å²) in [6, 6.07) is 7.32. The summed E-state index contributed by atoms with van der Waals surface area (Å²) in [4.78, 5) is 27.5. The van der Waals surface area contributed by atoms with Crippen LogP contribution in [0.5, 0.6) is 0 Å². The van der Waals surface area contributed by atoms with E-state index in [-0.39, 0.29) is 23.3 Å². The van der Waals surface area contributed by atoms with Crippen LogP contribution in [-0.4, -0.2) is 29.9 Å². The standard InChI is InChI=1S/C12H15BrN2O3S/c1-2-18-15-12(17)8-19-7-11(16)14-10-5-3-4-9(13)6-10/h3-6H,2,7-8H2,1H3,(H,14,16)(H,15,17). The quantitative estimate of drug-likeness (QED) is 0.742. The second-order valence-electron chi connectivity index (χ2n) is 3.51. The van der Waals surface area contributed by atoms with Crippen LogP contribution in [0, 0.1) is 0 Å². The maximum Gasteiger partial charge on any atom is 0.253 e. The van der Waals surface area contributed by atoms with E-state index in [9.17, 15) is 9.59 Å². The molecule has 0 aliphatic carbocycles. The second-order valence-corrected chi connectivity index (χ2v) is 5.41. The van der Waals surface area contributed by atoms with Gasteiger partial charge in [-0.05, 0) is 25.1 Å². The molecule has 19 heavy (non-hydrogen) atoms. The molecule has 0 bridgehead atoms. The number of hydrogen-bond donors (Lipinski definition) is 2. The van der Waals surface area contributed by atoms with E-state index in [1.54, 1.807) is 13.0 Å². The molecular formula is C12H15BrN2O3S. The molecule has 104 valence electrons. The molecule has 0 saturated heterocycles. The first-order chi connectivity index (χ1) is 9.11. The van der Waals surface area contributed by atoms with E-state index in [0.717, 1.165) is 10.2 Å². The number of nitrogens with one attached hydrogen (secondary N) is 2. The minimum absolute atomic E-state index is 0.146. The van der Waals surface area contributed by atoms with Crippen LogP contribution in [0.15, 0.2) is 28.7 Å². The molecular weight excluding hydrogens is 332 g/mol. The van der Waals surface area contributed by atoms with Gasteiger partial charge in [-0.25, -0.2) is 5.48 Å². The molecule has 0 spiro atoms. The predicted octanol–water partition coefficient (Wildman–Crippen LogP) is 2.19. The van der Waals surface area contributed by atoms with Crippen molar-refractivity contribution in [1.29, 1.82) is 0 Å². The summed E-state index contributed by atoms with van der Waals surface area (Å²) in [5.74, 6) is 0.00670. The number of carbonyl (C=O) groups is 2. The molecule has 0 fully saturated rings. The van der Waals surface area contributed by atoms with Gasteiger partial charge in [-0.2, -0.15) is 0 Å². The van der Waals surface area contributed by atoms with Gasteiger partial charge in [0.2, 0.25) is 5.91 Å². The highest BCUT2D eigenvalue weighted by Crippen LogP contribution is 2.15. The van der Waals surface area contributed by atoms with Gasteiger partial charge < -0.3 is 5.32 Å². The minimum Gasteiger partial charge on any atom is -0.325 e. The number of benzene rings is 1. The highest BCUT2D eigenvalue weighted by Gasteiger charge is 2.06. The van der Waals surface area contributed by atoms with E-state index in [0.29, 0.717) is 6.61 Å². The molecule has 0 radical (unpaired) electrons. The fourth-order valence-electron chi connectivity index (χ4n) is 1.18. The Hall–Kier alpha value is -1.05. The third kappa shape index (κ3) is 7.19. The van der Waals surface area contributed by atoms with Gasteiger partial charge >= 0.3 is 0 Å². The molecule has 2 N–H and O–H groups in total. The maximum absolute atomic E-state index is 11.6. The lowest BCUT2D eigenvalue weighted by Gasteiger charge is -2.06. The SMILES string of the molecule is CCONC(=O)CSCC(=O)Nc1cccc(Br)c1. The Morgan fingerprint density at radius 2 is 2.05 bits per heavy atom. The maximum atomic E-state index is 11.6. The van der Waals surface area contributed by atoms with Gasteiger partial charge in [0.15, 0.2) is 0 Å². The molecule has 1 aromatic rings. The molecule has 0 unspecified atom stereocenters. The van der Waals surface area contributed by atoms with Crippen molar-refractivity contribution in [2.24, 2.45) is 0 Å². The third-order valence-corrected chi connectivity index (χ3v) is 3.33. The van der Waals surface area contributed by atoms with Crippen LogP contribution in [0.3, 0.4) is 0 Å². The van der Waals surface area contributed by atoms with Crippen molar-refractivity contribution in [2.75, 3.05) is 23.4 Å². The predicted molar refractivity (Wildman–Crippen MR) is 79.9 cm³/mol. The molecule has 0 aliphatic rings. The number of anilines is 1. The Bertz CT molecular complexity index is 443. The van der Waals surface area contributed by atoms with Gasteiger partial charge in [0.25, 0.3) is 5.91 Å². The number of halogens is 1. The van der Waals surface area contributed by atoms with Gasteiger partial charge in [-0.1, -0.05) is 22.0 Å². The number of hydrogen-bond acceptors (Lipinski definition) is 4. The summed E-state index contributed by atoms with van der Waals surface area (Å²) in [7, 11) is 0. The van der Waals surface area contributed by atoms with Crippen molar-refractivity contribution in [2.45, 2.75) is 6.92 Å². The highest BCUT2D eigenvalue weighted by atomic mass is 79.9. The van der Waals surface area contributed by atoms with Crippen LogP contribution < -0.4 is 10.8 Å². The molecule has 0 saturated carbocycles. The number of hydroxylamine groups is 1. The molecule has 0 atom stereocenters. The molecule has 1 rings (SSSR count). The summed E-state index contributed by atoms with van der Waals surface area (Å²) in [6.07, 6.45) is 0. The van der Waals surface area contributed by atoms with E-state index < -0.39 is 0 Å². The molecule has 5 nitrogen and oxygen atoms in total. The monoisotopic (exact) mass is 346 g/mol. The Morgan fingerprint density at radius 3 is 2.74 bits per heavy atom. The number of amides is 2. The summed E-state index contributed by atoms with van der Waals surface area (Å²) in [5.41, 5.74) is 2.99. The Kier molecular flexibility index (Phi) is 7.54. The zero-order chi connectivity index (χ0) is 14.1. The van der Waals surface area contributed by atoms with Crippen LogP contribution in [0.2, 0.25) is 0 Å². The molecule has 0 heterocycles. The van der Waals surface area contributed by atoms with Crippen LogP contribution >= 0.6 is 27.7 Å². The number of rotatable bonds is 7. The lowest BCUT2D eigenvalue weighted by molar-refractivity contribution is -0.130. The van der Waals surface area contributed by atoms with E-state index in [4.69, 9.17) is 4.84 Å². The smallest absolute Gasteiger partial charge is 0.253 e. The Labute approximate surface area is 124 Å². The average Bonchev–Trinajstić information content (AvgIpc) is 2.36. The molecule has 2 amide bonds. The van der Waals surface area contributed by atoms with Crippen LogP contribution in [0.4, 0.5) is 5.69 Å². The van der Waals surface area contributed by atoms with Crippen LogP contribution in [0.25, 0.3) is 0 Å². The summed E-state index contributed by atoms with van der Waals surface area (Å²) < 4.78 is 0.897. The van der Waals surface area contributed by atoms with E-state index in [2.05, 4.69) is 26.7 Å². The van der Waals surface area contributed by atoms with Crippen molar-refractivity contribution < 1.29 is 14.4 Å². The lowest BCUT2D eigenvalue weighted by atomic mass is 10.3. The van der Waals surface area contributed by atoms with Crippen molar-refractivity contribution in [3.63, 3.8) is 0 Å². The van der Waals surface area contributed by atoms with Crippen LogP contribution in [0.1, 0.15) is 6.92 Å². The van der Waals surface area contributed by atoms with Crippen molar-refractivity contribution in [1.82, 2.24) is 5.48 Å². The fourth-order valence-corrected chi connectivity index (χ4v) is 2.19. The highest BCUT2D eigenvalue weighted by molar-refractivity contribution is 9.10. The van der Waals surface area contributed by atoms with Crippen molar-refractivity contribution in [3.8, 4) is 0 Å². The first-order valence-corrected chi connectivity index (χ1v) is 7.60. The number of carbonyl (C=O) groups excluding carboxylic acids is 2. The lowest BCUT2D eigenvalue weighted by Crippen LogP contribution is -2.26. The van der Waals surface area contributed by atoms with Gasteiger partial charge in [0.05, 0.1) is 18.1 Å². The zero-order valence-electron chi connectivity index (χ0n) is 10.4. The van der Waals surface area contributed by atoms with Gasteiger partial charge in [0.1, 0.15) is 0 Å². The topological polar surface area (TPSA) is 67.4 Å². The Balaban J connectivity index is 2.23. The summed E-state index contributed by atoms with van der Waals surface area (Å²) >= 11 is 4.55. The molecule has 0 aliphatic heterocycles. The fraction of sp³-hybridized carbons (Fsp3) is 0.333. The first-order valence-electron chi connectivity index (χ1n) is 5.65. The van der Waals surface area contributed by atoms with Crippen LogP contribution in [-0.2, 0) is 14.4 Å². The second kappa shape index (κ2) is 8.95.